The Morgan fingerprint density at radius 3 is 2.67 bits per heavy atom. The van der Waals surface area contributed by atoms with Crippen LogP contribution in [0.5, 0.6) is 0 Å². The largest absolute Gasteiger partial charge is 0.480 e. The molecule has 1 amide bonds. The van der Waals surface area contributed by atoms with Gasteiger partial charge < -0.3 is 10.4 Å². The van der Waals surface area contributed by atoms with Gasteiger partial charge in [-0.15, -0.1) is 0 Å². The highest BCUT2D eigenvalue weighted by Crippen LogP contribution is 2.13. The third kappa shape index (κ3) is 1.72. The molecule has 1 aliphatic rings. The number of carboxylic acids is 1. The van der Waals surface area contributed by atoms with Crippen molar-refractivity contribution in [3.8, 4) is 0 Å². The first kappa shape index (κ1) is 8.95. The number of hydrazine groups is 1. The van der Waals surface area contributed by atoms with Crippen molar-refractivity contribution in [1.29, 1.82) is 0 Å². The average Bonchev–Trinajstić information content (AvgIpc) is 2.51. The highest BCUT2D eigenvalue weighted by Gasteiger charge is 2.32. The summed E-state index contributed by atoms with van der Waals surface area (Å²) < 4.78 is 0. The third-order valence-electron chi connectivity index (χ3n) is 1.94. The van der Waals surface area contributed by atoms with Crippen molar-refractivity contribution in [3.63, 3.8) is 0 Å². The van der Waals surface area contributed by atoms with Crippen molar-refractivity contribution in [1.82, 2.24) is 10.7 Å². The van der Waals surface area contributed by atoms with E-state index in [-0.39, 0.29) is 11.8 Å². The minimum Gasteiger partial charge on any atom is -0.480 e. The lowest BCUT2D eigenvalue weighted by Crippen LogP contribution is -2.36. The number of carbonyl (C=O) groups excluding carboxylic acids is 1. The summed E-state index contributed by atoms with van der Waals surface area (Å²) in [5, 5.41) is 11.3. The molecule has 0 radical (unpaired) electrons. The summed E-state index contributed by atoms with van der Waals surface area (Å²) in [6.45, 7) is 0.375. The van der Waals surface area contributed by atoms with Crippen LogP contribution in [-0.4, -0.2) is 29.6 Å². The maximum absolute atomic E-state index is 10.9. The van der Waals surface area contributed by atoms with Gasteiger partial charge in [0.15, 0.2) is 0 Å². The van der Waals surface area contributed by atoms with E-state index in [0.29, 0.717) is 13.0 Å². The second-order valence-corrected chi connectivity index (χ2v) is 2.74. The lowest BCUT2D eigenvalue weighted by atomic mass is 10.1. The highest BCUT2D eigenvalue weighted by molar-refractivity contribution is 5.81. The van der Waals surface area contributed by atoms with E-state index < -0.39 is 12.0 Å². The van der Waals surface area contributed by atoms with Gasteiger partial charge in [0.1, 0.15) is 6.04 Å². The molecule has 0 spiro atoms. The molecule has 0 bridgehead atoms. The molecular weight excluding hydrogens is 162 g/mol. The fourth-order valence-electron chi connectivity index (χ4n) is 1.24. The topological polar surface area (TPSA) is 104 Å². The number of nitrogens with one attached hydrogen (secondary N) is 2. The highest BCUT2D eigenvalue weighted by atomic mass is 16.4. The molecule has 68 valence electrons. The van der Waals surface area contributed by atoms with Crippen molar-refractivity contribution >= 4 is 11.9 Å². The predicted molar refractivity (Wildman–Crippen MR) is 39.9 cm³/mol. The molecule has 0 aromatic carbocycles. The van der Waals surface area contributed by atoms with E-state index in [0.717, 1.165) is 0 Å². The number of nitrogens with two attached hydrogens (primary N) is 1. The Labute approximate surface area is 69.1 Å². The van der Waals surface area contributed by atoms with Crippen molar-refractivity contribution in [3.05, 3.63) is 0 Å². The van der Waals surface area contributed by atoms with Gasteiger partial charge in [-0.2, -0.15) is 0 Å². The maximum Gasteiger partial charge on any atom is 0.320 e. The standard InChI is InChI=1S/C6H11N3O3/c7-9-5(10)3-1-4(6(11)12)8-2-3/h3-4,8H,1-2,7H2,(H,9,10)(H,11,12)/t3-,4+/m0/s1. The second-order valence-electron chi connectivity index (χ2n) is 2.74. The fraction of sp³-hybridized carbons (Fsp3) is 0.667. The third-order valence-corrected chi connectivity index (χ3v) is 1.94. The van der Waals surface area contributed by atoms with Gasteiger partial charge in [0.05, 0.1) is 5.92 Å². The van der Waals surface area contributed by atoms with Crippen LogP contribution in [0.15, 0.2) is 0 Å². The zero-order valence-corrected chi connectivity index (χ0v) is 6.41. The summed E-state index contributed by atoms with van der Waals surface area (Å²) in [4.78, 5) is 21.3. The summed E-state index contributed by atoms with van der Waals surface area (Å²) >= 11 is 0. The smallest absolute Gasteiger partial charge is 0.320 e. The van der Waals surface area contributed by atoms with Gasteiger partial charge in [-0.3, -0.25) is 15.0 Å². The first-order valence-electron chi connectivity index (χ1n) is 3.61. The van der Waals surface area contributed by atoms with Gasteiger partial charge in [0, 0.05) is 6.54 Å². The van der Waals surface area contributed by atoms with Crippen LogP contribution in [0, 0.1) is 5.92 Å². The molecule has 6 nitrogen and oxygen atoms in total. The summed E-state index contributed by atoms with van der Waals surface area (Å²) in [6.07, 6.45) is 0.304. The van der Waals surface area contributed by atoms with Gasteiger partial charge in [-0.25, -0.2) is 5.84 Å². The number of carbonyl (C=O) groups is 2. The van der Waals surface area contributed by atoms with Crippen LogP contribution < -0.4 is 16.6 Å². The van der Waals surface area contributed by atoms with Gasteiger partial charge in [0.2, 0.25) is 5.91 Å². The molecule has 0 saturated carbocycles. The SMILES string of the molecule is NNC(=O)[C@@H]1CN[C@@H](C(=O)O)C1. The van der Waals surface area contributed by atoms with Crippen LogP contribution in [0.4, 0.5) is 0 Å². The van der Waals surface area contributed by atoms with Crippen LogP contribution >= 0.6 is 0 Å². The molecule has 0 aromatic rings. The van der Waals surface area contributed by atoms with Crippen LogP contribution in [0.3, 0.4) is 0 Å². The van der Waals surface area contributed by atoms with Gasteiger partial charge in [-0.1, -0.05) is 0 Å². The van der Waals surface area contributed by atoms with Crippen LogP contribution in [0.1, 0.15) is 6.42 Å². The first-order valence-corrected chi connectivity index (χ1v) is 3.61. The number of carboxylic acid groups (broad SMARTS) is 1. The average molecular weight is 173 g/mol. The Hall–Kier alpha value is -1.14. The van der Waals surface area contributed by atoms with Crippen LogP contribution in [0.25, 0.3) is 0 Å². The molecule has 5 N–H and O–H groups in total. The molecule has 1 rings (SSSR count). The summed E-state index contributed by atoms with van der Waals surface area (Å²) in [5.74, 6) is 3.33. The number of hydrogen-bond acceptors (Lipinski definition) is 4. The number of amides is 1. The number of aliphatic carboxylic acids is 1. The molecule has 0 aliphatic carbocycles. The second kappa shape index (κ2) is 3.51. The summed E-state index contributed by atoms with van der Waals surface area (Å²) in [6, 6.07) is -0.618. The Balaban J connectivity index is 2.45. The van der Waals surface area contributed by atoms with Crippen LogP contribution in [-0.2, 0) is 9.59 Å². The molecular formula is C6H11N3O3. The molecule has 1 saturated heterocycles. The maximum atomic E-state index is 10.9. The monoisotopic (exact) mass is 173 g/mol. The molecule has 12 heavy (non-hydrogen) atoms. The van der Waals surface area contributed by atoms with E-state index in [2.05, 4.69) is 5.32 Å². The number of hydrogen-bond donors (Lipinski definition) is 4. The minimum absolute atomic E-state index is 0.304. The number of rotatable bonds is 2. The Morgan fingerprint density at radius 2 is 2.25 bits per heavy atom. The van der Waals surface area contributed by atoms with E-state index in [9.17, 15) is 9.59 Å². The lowest BCUT2D eigenvalue weighted by Gasteiger charge is -2.04. The van der Waals surface area contributed by atoms with Crippen molar-refractivity contribution < 1.29 is 14.7 Å². The molecule has 1 fully saturated rings. The lowest BCUT2D eigenvalue weighted by molar-refractivity contribution is -0.139. The fourth-order valence-corrected chi connectivity index (χ4v) is 1.24. The minimum atomic E-state index is -0.928. The van der Waals surface area contributed by atoms with E-state index >= 15 is 0 Å². The Morgan fingerprint density at radius 1 is 1.58 bits per heavy atom. The molecule has 1 heterocycles. The van der Waals surface area contributed by atoms with Gasteiger partial charge in [0.25, 0.3) is 0 Å². The Bertz CT molecular complexity index is 206. The molecule has 2 atom stereocenters. The molecule has 0 aromatic heterocycles. The summed E-state index contributed by atoms with van der Waals surface area (Å²) in [7, 11) is 0. The molecule has 6 heteroatoms. The van der Waals surface area contributed by atoms with Crippen molar-refractivity contribution in [2.75, 3.05) is 6.54 Å². The molecule has 0 unspecified atom stereocenters. The van der Waals surface area contributed by atoms with Crippen molar-refractivity contribution in [2.45, 2.75) is 12.5 Å². The first-order chi connectivity index (χ1) is 5.65. The quantitative estimate of drug-likeness (QED) is 0.220. The predicted octanol–water partition coefficient (Wildman–Crippen LogP) is -1.96. The van der Waals surface area contributed by atoms with Crippen molar-refractivity contribution in [2.24, 2.45) is 11.8 Å². The normalized spacial score (nSPS) is 28.4. The zero-order chi connectivity index (χ0) is 9.14. The van der Waals surface area contributed by atoms with Crippen LogP contribution in [0.2, 0.25) is 0 Å². The van der Waals surface area contributed by atoms with E-state index in [1.807, 2.05) is 5.43 Å². The van der Waals surface area contributed by atoms with E-state index in [1.54, 1.807) is 0 Å². The van der Waals surface area contributed by atoms with E-state index in [4.69, 9.17) is 10.9 Å². The van der Waals surface area contributed by atoms with E-state index in [1.165, 1.54) is 0 Å². The Kier molecular flexibility index (Phi) is 2.61. The van der Waals surface area contributed by atoms with Gasteiger partial charge in [-0.05, 0) is 6.42 Å². The zero-order valence-electron chi connectivity index (χ0n) is 6.41. The summed E-state index contributed by atoms with van der Waals surface area (Å²) in [5.41, 5.74) is 1.99. The molecule has 1 aliphatic heterocycles. The van der Waals surface area contributed by atoms with Gasteiger partial charge >= 0.3 is 5.97 Å².